The minimum absolute atomic E-state index is 0.0501. The van der Waals surface area contributed by atoms with E-state index in [1.807, 2.05) is 60.7 Å². The van der Waals surface area contributed by atoms with Gasteiger partial charge in [-0.05, 0) is 53.9 Å². The van der Waals surface area contributed by atoms with Gasteiger partial charge in [0.1, 0.15) is 18.4 Å². The summed E-state index contributed by atoms with van der Waals surface area (Å²) in [5.74, 6) is 0.804. The third-order valence-corrected chi connectivity index (χ3v) is 7.40. The summed E-state index contributed by atoms with van der Waals surface area (Å²) in [6.45, 7) is 0.420. The Morgan fingerprint density at radius 3 is 2.00 bits per heavy atom. The van der Waals surface area contributed by atoms with Crippen molar-refractivity contribution in [1.29, 1.82) is 0 Å². The van der Waals surface area contributed by atoms with E-state index in [1.54, 1.807) is 24.3 Å². The van der Waals surface area contributed by atoms with Gasteiger partial charge in [0.2, 0.25) is 15.9 Å². The number of hydrogen-bond donors (Lipinski definition) is 2. The zero-order chi connectivity index (χ0) is 27.7. The van der Waals surface area contributed by atoms with Crippen LogP contribution in [-0.2, 0) is 27.8 Å². The van der Waals surface area contributed by atoms with E-state index < -0.39 is 22.0 Å². The maximum Gasteiger partial charge on any atom is 0.242 e. The van der Waals surface area contributed by atoms with Crippen LogP contribution in [0.25, 0.3) is 0 Å². The molecule has 39 heavy (non-hydrogen) atoms. The first-order valence-corrected chi connectivity index (χ1v) is 13.7. The fourth-order valence-corrected chi connectivity index (χ4v) is 5.09. The summed E-state index contributed by atoms with van der Waals surface area (Å²) in [5, 5.41) is 2.81. The number of carbonyl (C=O) groups is 1. The molecule has 0 bridgehead atoms. The van der Waals surface area contributed by atoms with Gasteiger partial charge in [-0.2, -0.15) is 4.72 Å². The molecule has 0 fully saturated rings. The fraction of sp³-hybridized carbons (Fsp3) is 0.167. The van der Waals surface area contributed by atoms with E-state index in [1.165, 1.54) is 32.4 Å². The van der Waals surface area contributed by atoms with Crippen molar-refractivity contribution in [3.63, 3.8) is 0 Å². The molecule has 8 nitrogen and oxygen atoms in total. The normalized spacial score (nSPS) is 11.8. The highest BCUT2D eigenvalue weighted by Crippen LogP contribution is 2.29. The zero-order valence-electron chi connectivity index (χ0n) is 21.7. The van der Waals surface area contributed by atoms with E-state index in [2.05, 4.69) is 10.0 Å². The quantitative estimate of drug-likeness (QED) is 0.264. The smallest absolute Gasteiger partial charge is 0.242 e. The van der Waals surface area contributed by atoms with Crippen molar-refractivity contribution in [3.05, 3.63) is 114 Å². The number of sulfonamides is 1. The Kier molecular flexibility index (Phi) is 9.19. The molecule has 1 amide bonds. The van der Waals surface area contributed by atoms with Crippen LogP contribution < -0.4 is 24.2 Å². The average Bonchev–Trinajstić information content (AvgIpc) is 2.97. The van der Waals surface area contributed by atoms with Gasteiger partial charge in [-0.15, -0.1) is 0 Å². The first-order valence-electron chi connectivity index (χ1n) is 12.2. The van der Waals surface area contributed by atoms with Crippen LogP contribution in [0, 0.1) is 0 Å². The van der Waals surface area contributed by atoms with E-state index in [0.717, 1.165) is 11.1 Å². The molecule has 0 saturated heterocycles. The van der Waals surface area contributed by atoms with E-state index in [0.29, 0.717) is 23.8 Å². The number of methoxy groups -OCH3 is 2. The van der Waals surface area contributed by atoms with Gasteiger partial charge in [0.25, 0.3) is 0 Å². The fourth-order valence-electron chi connectivity index (χ4n) is 3.88. The predicted octanol–water partition coefficient (Wildman–Crippen LogP) is 4.81. The standard InChI is InChI=1S/C30H30N2O6S/c1-36-28-18-17-26(20-29(28)37-2)39(34,35)32-27(19-22-9-5-3-6-10-22)30(33)31-24-13-15-25(16-14-24)38-21-23-11-7-4-8-12-23/h3-18,20,27,32H,19,21H2,1-2H3,(H,31,33). The van der Waals surface area contributed by atoms with Crippen molar-refractivity contribution in [3.8, 4) is 17.2 Å². The lowest BCUT2D eigenvalue weighted by molar-refractivity contribution is -0.117. The molecule has 0 saturated carbocycles. The lowest BCUT2D eigenvalue weighted by Gasteiger charge is -2.19. The number of amides is 1. The van der Waals surface area contributed by atoms with Crippen molar-refractivity contribution in [2.45, 2.75) is 24.0 Å². The van der Waals surface area contributed by atoms with Crippen LogP contribution in [0.5, 0.6) is 17.2 Å². The maximum atomic E-state index is 13.3. The summed E-state index contributed by atoms with van der Waals surface area (Å²) in [6.07, 6.45) is 0.150. The van der Waals surface area contributed by atoms with E-state index in [-0.39, 0.29) is 17.1 Å². The molecule has 1 atom stereocenters. The number of nitrogens with one attached hydrogen (secondary N) is 2. The first kappa shape index (κ1) is 27.7. The molecule has 9 heteroatoms. The van der Waals surface area contributed by atoms with Crippen molar-refractivity contribution < 1.29 is 27.4 Å². The topological polar surface area (TPSA) is 103 Å². The molecule has 4 rings (SSSR count). The summed E-state index contributed by atoms with van der Waals surface area (Å²) in [7, 11) is -1.19. The van der Waals surface area contributed by atoms with Crippen molar-refractivity contribution >= 4 is 21.6 Å². The molecular formula is C30H30N2O6S. The Morgan fingerprint density at radius 2 is 1.38 bits per heavy atom. The predicted molar refractivity (Wildman–Crippen MR) is 150 cm³/mol. The van der Waals surface area contributed by atoms with E-state index in [4.69, 9.17) is 14.2 Å². The number of rotatable bonds is 12. The molecule has 0 aliphatic heterocycles. The Morgan fingerprint density at radius 1 is 0.769 bits per heavy atom. The lowest BCUT2D eigenvalue weighted by Crippen LogP contribution is -2.45. The molecule has 0 aliphatic rings. The first-order chi connectivity index (χ1) is 18.9. The minimum Gasteiger partial charge on any atom is -0.493 e. The van der Waals surface area contributed by atoms with Crippen LogP contribution in [0.15, 0.2) is 108 Å². The summed E-state index contributed by atoms with van der Waals surface area (Å²) in [4.78, 5) is 13.3. The van der Waals surface area contributed by atoms with Crippen molar-refractivity contribution in [2.75, 3.05) is 19.5 Å². The molecule has 0 heterocycles. The Balaban J connectivity index is 1.49. The second-order valence-corrected chi connectivity index (χ2v) is 10.4. The van der Waals surface area contributed by atoms with Crippen molar-refractivity contribution in [1.82, 2.24) is 4.72 Å². The second-order valence-electron chi connectivity index (χ2n) is 8.67. The molecule has 0 aromatic heterocycles. The van der Waals surface area contributed by atoms with Crippen LogP contribution in [-0.4, -0.2) is 34.6 Å². The van der Waals surface area contributed by atoms with Gasteiger partial charge in [0.15, 0.2) is 11.5 Å². The molecule has 202 valence electrons. The van der Waals surface area contributed by atoms with Crippen LogP contribution in [0.4, 0.5) is 5.69 Å². The van der Waals surface area contributed by atoms with Crippen molar-refractivity contribution in [2.24, 2.45) is 0 Å². The molecule has 0 aliphatic carbocycles. The highest BCUT2D eigenvalue weighted by atomic mass is 32.2. The van der Waals surface area contributed by atoms with Gasteiger partial charge in [0.05, 0.1) is 19.1 Å². The van der Waals surface area contributed by atoms with Gasteiger partial charge >= 0.3 is 0 Å². The molecule has 1 unspecified atom stereocenters. The molecule has 0 radical (unpaired) electrons. The number of benzene rings is 4. The number of ether oxygens (including phenoxy) is 3. The molecule has 2 N–H and O–H groups in total. The Hall–Kier alpha value is -4.34. The van der Waals surface area contributed by atoms with Gasteiger partial charge < -0.3 is 19.5 Å². The summed E-state index contributed by atoms with van der Waals surface area (Å²) < 4.78 is 45.4. The largest absolute Gasteiger partial charge is 0.493 e. The van der Waals surface area contributed by atoms with Gasteiger partial charge in [-0.25, -0.2) is 8.42 Å². The minimum atomic E-state index is -4.08. The third-order valence-electron chi connectivity index (χ3n) is 5.93. The van der Waals surface area contributed by atoms with Crippen LogP contribution in [0.1, 0.15) is 11.1 Å². The highest BCUT2D eigenvalue weighted by molar-refractivity contribution is 7.89. The molecule has 0 spiro atoms. The zero-order valence-corrected chi connectivity index (χ0v) is 22.5. The summed E-state index contributed by atoms with van der Waals surface area (Å²) in [5.41, 5.74) is 2.35. The average molecular weight is 547 g/mol. The molecule has 4 aromatic carbocycles. The number of hydrogen-bond acceptors (Lipinski definition) is 6. The van der Waals surface area contributed by atoms with E-state index in [9.17, 15) is 13.2 Å². The van der Waals surface area contributed by atoms with Crippen LogP contribution in [0.2, 0.25) is 0 Å². The Bertz CT molecular complexity index is 1480. The summed E-state index contributed by atoms with van der Waals surface area (Å²) in [6, 6.07) is 29.1. The molecular weight excluding hydrogens is 516 g/mol. The number of carbonyl (C=O) groups excluding carboxylic acids is 1. The van der Waals surface area contributed by atoms with Gasteiger partial charge in [-0.3, -0.25) is 4.79 Å². The van der Waals surface area contributed by atoms with E-state index >= 15 is 0 Å². The highest BCUT2D eigenvalue weighted by Gasteiger charge is 2.27. The lowest BCUT2D eigenvalue weighted by atomic mass is 10.1. The second kappa shape index (κ2) is 12.9. The van der Waals surface area contributed by atoms with Gasteiger partial charge in [-0.1, -0.05) is 60.7 Å². The maximum absolute atomic E-state index is 13.3. The molecule has 4 aromatic rings. The van der Waals surface area contributed by atoms with Crippen LogP contribution in [0.3, 0.4) is 0 Å². The van der Waals surface area contributed by atoms with Crippen LogP contribution >= 0.6 is 0 Å². The Labute approximate surface area is 228 Å². The monoisotopic (exact) mass is 546 g/mol. The van der Waals surface area contributed by atoms with Gasteiger partial charge in [0, 0.05) is 11.8 Å². The summed E-state index contributed by atoms with van der Waals surface area (Å²) >= 11 is 0. The number of anilines is 1. The third kappa shape index (κ3) is 7.59. The SMILES string of the molecule is COc1ccc(S(=O)(=O)NC(Cc2ccccc2)C(=O)Nc2ccc(OCc3ccccc3)cc2)cc1OC.